The summed E-state index contributed by atoms with van der Waals surface area (Å²) in [6.07, 6.45) is 29.9. The van der Waals surface area contributed by atoms with Crippen molar-refractivity contribution in [3.05, 3.63) is 0 Å². The van der Waals surface area contributed by atoms with Gasteiger partial charge in [0.25, 0.3) is 7.82 Å². The Morgan fingerprint density at radius 1 is 0.600 bits per heavy atom. The number of likely N-dealkylation sites (N-methyl/N-ethyl adjacent to an activating group) is 1. The summed E-state index contributed by atoms with van der Waals surface area (Å²) in [5.74, 6) is -0.384. The molecule has 2 atom stereocenters. The summed E-state index contributed by atoms with van der Waals surface area (Å²) < 4.78 is 33.7. The van der Waals surface area contributed by atoms with Crippen molar-refractivity contribution in [2.24, 2.45) is 0 Å². The highest BCUT2D eigenvalue weighted by atomic mass is 31.2. The maximum Gasteiger partial charge on any atom is 0.306 e. The number of quaternary nitrogens is 1. The number of hydrogen-bond acceptors (Lipinski definition) is 7. The molecule has 0 aliphatic carbocycles. The van der Waals surface area contributed by atoms with Gasteiger partial charge in [-0.1, -0.05) is 149 Å². The third-order valence-electron chi connectivity index (χ3n) is 8.13. The number of carbonyl (C=O) groups excluding carboxylic acids is 1. The van der Waals surface area contributed by atoms with Crippen molar-refractivity contribution in [2.75, 3.05) is 54.1 Å². The highest BCUT2D eigenvalue weighted by Gasteiger charge is 2.20. The lowest BCUT2D eigenvalue weighted by molar-refractivity contribution is -0.870. The number of nitrogens with zero attached hydrogens (tertiary/aromatic N) is 1. The van der Waals surface area contributed by atoms with Crippen molar-refractivity contribution in [3.8, 4) is 0 Å². The summed E-state index contributed by atoms with van der Waals surface area (Å²) in [7, 11) is 1.36. The van der Waals surface area contributed by atoms with Crippen LogP contribution in [-0.4, -0.2) is 70.7 Å². The highest BCUT2D eigenvalue weighted by Crippen LogP contribution is 2.38. The summed E-state index contributed by atoms with van der Waals surface area (Å²) in [6.45, 7) is 5.07. The highest BCUT2D eigenvalue weighted by molar-refractivity contribution is 7.45. The molecule has 8 nitrogen and oxygen atoms in total. The van der Waals surface area contributed by atoms with Crippen LogP contribution in [0, 0.1) is 0 Å². The lowest BCUT2D eigenvalue weighted by Crippen LogP contribution is -2.37. The number of phosphoric ester groups is 1. The van der Waals surface area contributed by atoms with Crippen LogP contribution in [-0.2, 0) is 27.9 Å². The van der Waals surface area contributed by atoms with Crippen molar-refractivity contribution >= 4 is 13.8 Å². The van der Waals surface area contributed by atoms with E-state index in [0.29, 0.717) is 24.1 Å². The Labute approximate surface area is 278 Å². The van der Waals surface area contributed by atoms with Gasteiger partial charge in [-0.05, 0) is 12.8 Å². The van der Waals surface area contributed by atoms with Crippen molar-refractivity contribution in [3.63, 3.8) is 0 Å². The van der Waals surface area contributed by atoms with Crippen LogP contribution in [0.15, 0.2) is 0 Å². The summed E-state index contributed by atoms with van der Waals surface area (Å²) in [4.78, 5) is 24.1. The quantitative estimate of drug-likeness (QED) is 0.0288. The molecule has 0 rings (SSSR count). The van der Waals surface area contributed by atoms with Crippen molar-refractivity contribution in [1.82, 2.24) is 0 Å². The lowest BCUT2D eigenvalue weighted by Gasteiger charge is -2.28. The van der Waals surface area contributed by atoms with Crippen LogP contribution in [0.25, 0.3) is 0 Å². The molecule has 0 aromatic carbocycles. The predicted octanol–water partition coefficient (Wildman–Crippen LogP) is 9.52. The van der Waals surface area contributed by atoms with E-state index in [1.54, 1.807) is 0 Å². The largest absolute Gasteiger partial charge is 0.756 e. The van der Waals surface area contributed by atoms with Crippen LogP contribution in [0.3, 0.4) is 0 Å². The lowest BCUT2D eigenvalue weighted by atomic mass is 10.0. The minimum absolute atomic E-state index is 0.0283. The van der Waals surface area contributed by atoms with Gasteiger partial charge >= 0.3 is 5.97 Å². The van der Waals surface area contributed by atoms with Gasteiger partial charge in [0.15, 0.2) is 0 Å². The fourth-order valence-electron chi connectivity index (χ4n) is 5.23. The van der Waals surface area contributed by atoms with Gasteiger partial charge in [0.2, 0.25) is 0 Å². The molecule has 0 aromatic heterocycles. The molecule has 0 aromatic rings. The maximum atomic E-state index is 12.1. The molecule has 0 heterocycles. The molecular weight excluding hydrogens is 589 g/mol. The van der Waals surface area contributed by atoms with Gasteiger partial charge in [-0.2, -0.15) is 0 Å². The normalized spacial score (nSPS) is 14.0. The molecule has 0 spiro atoms. The van der Waals surface area contributed by atoms with Crippen LogP contribution in [0.1, 0.15) is 168 Å². The Bertz CT molecular complexity index is 701. The Morgan fingerprint density at radius 2 is 1.02 bits per heavy atom. The van der Waals surface area contributed by atoms with Gasteiger partial charge in [0.05, 0.1) is 34.4 Å². The molecule has 0 radical (unpaired) electrons. The molecular formula is C36H74NO7P. The third kappa shape index (κ3) is 34.6. The van der Waals surface area contributed by atoms with E-state index < -0.39 is 13.9 Å². The van der Waals surface area contributed by atoms with Gasteiger partial charge in [0, 0.05) is 13.0 Å². The number of unbranched alkanes of at least 4 members (excludes halogenated alkanes) is 21. The summed E-state index contributed by atoms with van der Waals surface area (Å²) in [5.41, 5.74) is 0. The van der Waals surface area contributed by atoms with Crippen LogP contribution in [0.4, 0.5) is 0 Å². The molecule has 0 bridgehead atoms. The fraction of sp³-hybridized carbons (Fsp3) is 0.972. The topological polar surface area (TPSA) is 94.1 Å². The summed E-state index contributed by atoms with van der Waals surface area (Å²) >= 11 is 0. The van der Waals surface area contributed by atoms with E-state index in [1.807, 2.05) is 28.1 Å². The standard InChI is InChI=1S/C36H74NO7P/c1-6-8-9-10-11-12-13-14-15-16-17-18-19-20-21-22-23-24-25-26-27-28-31-41-33-35(44-36(38)29-7-2)34-43-45(39,40)42-32-30-37(3,4)5/h35H,6-34H2,1-5H3. The first-order valence-electron chi connectivity index (χ1n) is 18.8. The fourth-order valence-corrected chi connectivity index (χ4v) is 5.96. The first-order chi connectivity index (χ1) is 21.6. The number of hydrogen-bond donors (Lipinski definition) is 0. The van der Waals surface area contributed by atoms with Crippen LogP contribution in [0.5, 0.6) is 0 Å². The molecule has 0 fully saturated rings. The predicted molar refractivity (Wildman–Crippen MR) is 185 cm³/mol. The molecule has 0 saturated heterocycles. The van der Waals surface area contributed by atoms with Crippen LogP contribution in [0.2, 0.25) is 0 Å². The summed E-state index contributed by atoms with van der Waals surface area (Å²) in [5, 5.41) is 0. The molecule has 0 saturated carbocycles. The molecule has 270 valence electrons. The molecule has 45 heavy (non-hydrogen) atoms. The zero-order valence-electron chi connectivity index (χ0n) is 30.3. The van der Waals surface area contributed by atoms with E-state index >= 15 is 0 Å². The van der Waals surface area contributed by atoms with Crippen LogP contribution < -0.4 is 4.89 Å². The second kappa shape index (κ2) is 30.8. The second-order valence-electron chi connectivity index (χ2n) is 14.0. The smallest absolute Gasteiger partial charge is 0.306 e. The minimum Gasteiger partial charge on any atom is -0.756 e. The maximum absolute atomic E-state index is 12.1. The van der Waals surface area contributed by atoms with E-state index in [0.717, 1.165) is 12.8 Å². The Hall–Kier alpha value is -0.500. The molecule has 9 heteroatoms. The summed E-state index contributed by atoms with van der Waals surface area (Å²) in [6, 6.07) is 0. The average Bonchev–Trinajstić information content (AvgIpc) is 2.97. The van der Waals surface area contributed by atoms with Gasteiger partial charge in [-0.3, -0.25) is 9.36 Å². The van der Waals surface area contributed by atoms with Gasteiger partial charge < -0.3 is 27.9 Å². The van der Waals surface area contributed by atoms with Gasteiger partial charge in [-0.25, -0.2) is 0 Å². The molecule has 0 amide bonds. The monoisotopic (exact) mass is 664 g/mol. The van der Waals surface area contributed by atoms with Crippen molar-refractivity contribution in [1.29, 1.82) is 0 Å². The van der Waals surface area contributed by atoms with E-state index in [9.17, 15) is 14.3 Å². The van der Waals surface area contributed by atoms with Crippen molar-refractivity contribution < 1.29 is 37.3 Å². The first-order valence-corrected chi connectivity index (χ1v) is 20.2. The van der Waals surface area contributed by atoms with Gasteiger partial charge in [0.1, 0.15) is 19.3 Å². The van der Waals surface area contributed by atoms with E-state index in [4.69, 9.17) is 18.5 Å². The number of rotatable bonds is 35. The molecule has 0 aliphatic heterocycles. The van der Waals surface area contributed by atoms with Gasteiger partial charge in [-0.15, -0.1) is 0 Å². The SMILES string of the molecule is CCCCCCCCCCCCCCCCCCCCCCCCOCC(COP(=O)([O-])OCC[N+](C)(C)C)OC(=O)CCC. The van der Waals surface area contributed by atoms with Crippen LogP contribution >= 0.6 is 7.82 Å². The first kappa shape index (κ1) is 44.5. The molecule has 0 N–H and O–H groups in total. The zero-order valence-corrected chi connectivity index (χ0v) is 31.2. The molecule has 2 unspecified atom stereocenters. The number of ether oxygens (including phenoxy) is 2. The minimum atomic E-state index is -4.48. The second-order valence-corrected chi connectivity index (χ2v) is 15.4. The Kier molecular flexibility index (Phi) is 30.5. The van der Waals surface area contributed by atoms with E-state index in [1.165, 1.54) is 128 Å². The van der Waals surface area contributed by atoms with Crippen molar-refractivity contribution in [2.45, 2.75) is 174 Å². The van der Waals surface area contributed by atoms with E-state index in [-0.39, 0.29) is 32.2 Å². The molecule has 0 aliphatic rings. The van der Waals surface area contributed by atoms with E-state index in [2.05, 4.69) is 6.92 Å². The zero-order chi connectivity index (χ0) is 33.5. The Balaban J connectivity index is 3.70. The third-order valence-corrected chi connectivity index (χ3v) is 9.09. The Morgan fingerprint density at radius 3 is 1.42 bits per heavy atom. The number of carbonyl (C=O) groups is 1. The average molecular weight is 664 g/mol. The number of esters is 1. The number of phosphoric acid groups is 1.